The molecule has 0 aliphatic heterocycles. The Morgan fingerprint density at radius 3 is 2.75 bits per heavy atom. The van der Waals surface area contributed by atoms with Crippen molar-refractivity contribution in [3.05, 3.63) is 29.8 Å². The number of hydrogen-bond donors (Lipinski definition) is 2. The van der Waals surface area contributed by atoms with Crippen LogP contribution < -0.4 is 0 Å². The van der Waals surface area contributed by atoms with Crippen molar-refractivity contribution in [2.75, 3.05) is 0 Å². The van der Waals surface area contributed by atoms with E-state index in [2.05, 4.69) is 6.92 Å². The number of phenols is 1. The van der Waals surface area contributed by atoms with Crippen LogP contribution in [0.2, 0.25) is 0 Å². The van der Waals surface area contributed by atoms with E-state index in [4.69, 9.17) is 5.11 Å². The van der Waals surface area contributed by atoms with E-state index >= 15 is 0 Å². The number of phenolic OH excluding ortho intramolecular Hbond substituents is 1. The first-order valence-electron chi connectivity index (χ1n) is 5.58. The molecule has 2 N–H and O–H groups in total. The summed E-state index contributed by atoms with van der Waals surface area (Å²) in [6.07, 6.45) is 1.24. The van der Waals surface area contributed by atoms with Gasteiger partial charge in [-0.1, -0.05) is 19.1 Å². The van der Waals surface area contributed by atoms with Gasteiger partial charge in [-0.2, -0.15) is 0 Å². The van der Waals surface area contributed by atoms with Crippen LogP contribution in [-0.2, 0) is 4.79 Å². The second-order valence-corrected chi connectivity index (χ2v) is 4.68. The number of carboxylic acids is 1. The van der Waals surface area contributed by atoms with Gasteiger partial charge in [0.05, 0.1) is 6.42 Å². The Hall–Kier alpha value is -1.51. The zero-order valence-electron chi connectivity index (χ0n) is 9.26. The van der Waals surface area contributed by atoms with E-state index in [0.717, 1.165) is 12.0 Å². The molecule has 1 unspecified atom stereocenters. The van der Waals surface area contributed by atoms with Gasteiger partial charge >= 0.3 is 5.97 Å². The van der Waals surface area contributed by atoms with E-state index < -0.39 is 5.97 Å². The molecule has 1 fully saturated rings. The van der Waals surface area contributed by atoms with Crippen molar-refractivity contribution in [2.45, 2.75) is 25.7 Å². The quantitative estimate of drug-likeness (QED) is 0.820. The highest BCUT2D eigenvalue weighted by Crippen LogP contribution is 2.49. The molecule has 3 heteroatoms. The molecule has 16 heavy (non-hydrogen) atoms. The summed E-state index contributed by atoms with van der Waals surface area (Å²) in [7, 11) is 0. The predicted octanol–water partition coefficient (Wildman–Crippen LogP) is 2.61. The van der Waals surface area contributed by atoms with E-state index in [0.29, 0.717) is 11.8 Å². The van der Waals surface area contributed by atoms with Crippen molar-refractivity contribution in [1.82, 2.24) is 0 Å². The van der Waals surface area contributed by atoms with Crippen molar-refractivity contribution in [1.29, 1.82) is 0 Å². The van der Waals surface area contributed by atoms with Crippen LogP contribution in [0.25, 0.3) is 0 Å². The first-order chi connectivity index (χ1) is 7.58. The van der Waals surface area contributed by atoms with Gasteiger partial charge in [0.2, 0.25) is 0 Å². The van der Waals surface area contributed by atoms with E-state index in [-0.39, 0.29) is 18.1 Å². The zero-order chi connectivity index (χ0) is 11.7. The minimum atomic E-state index is -0.771. The fourth-order valence-corrected chi connectivity index (χ4v) is 2.37. The van der Waals surface area contributed by atoms with E-state index in [1.54, 1.807) is 18.2 Å². The fourth-order valence-electron chi connectivity index (χ4n) is 2.37. The van der Waals surface area contributed by atoms with Crippen molar-refractivity contribution >= 4 is 5.97 Å². The third-order valence-corrected chi connectivity index (χ3v) is 3.38. The molecule has 3 nitrogen and oxygen atoms in total. The second kappa shape index (κ2) is 4.16. The Morgan fingerprint density at radius 1 is 1.56 bits per heavy atom. The minimum Gasteiger partial charge on any atom is -0.508 e. The summed E-state index contributed by atoms with van der Waals surface area (Å²) in [6.45, 7) is 2.14. The lowest BCUT2D eigenvalue weighted by Gasteiger charge is -2.15. The first kappa shape index (κ1) is 11.0. The van der Waals surface area contributed by atoms with Gasteiger partial charge in [-0.05, 0) is 41.9 Å². The number of carbonyl (C=O) groups is 1. The molecule has 3 atom stereocenters. The van der Waals surface area contributed by atoms with Crippen molar-refractivity contribution in [3.8, 4) is 5.75 Å². The summed E-state index contributed by atoms with van der Waals surface area (Å²) < 4.78 is 0. The molecule has 0 saturated heterocycles. The van der Waals surface area contributed by atoms with Crippen molar-refractivity contribution in [2.24, 2.45) is 11.8 Å². The molecule has 0 amide bonds. The number of benzene rings is 1. The maximum absolute atomic E-state index is 10.8. The molecular weight excluding hydrogens is 204 g/mol. The lowest BCUT2D eigenvalue weighted by Crippen LogP contribution is -2.09. The van der Waals surface area contributed by atoms with Crippen LogP contribution in [-0.4, -0.2) is 16.2 Å². The highest BCUT2D eigenvalue weighted by molar-refractivity contribution is 5.68. The highest BCUT2D eigenvalue weighted by atomic mass is 16.4. The number of aliphatic carboxylic acids is 1. The van der Waals surface area contributed by atoms with Gasteiger partial charge in [-0.3, -0.25) is 4.79 Å². The maximum atomic E-state index is 10.8. The maximum Gasteiger partial charge on any atom is 0.303 e. The fraction of sp³-hybridized carbons (Fsp3) is 0.462. The van der Waals surface area contributed by atoms with Gasteiger partial charge in [0.25, 0.3) is 0 Å². The average molecular weight is 220 g/mol. The van der Waals surface area contributed by atoms with Gasteiger partial charge in [0.1, 0.15) is 5.75 Å². The Labute approximate surface area is 94.7 Å². The third kappa shape index (κ3) is 2.35. The van der Waals surface area contributed by atoms with Crippen molar-refractivity contribution in [3.63, 3.8) is 0 Å². The number of carboxylic acid groups (broad SMARTS) is 1. The van der Waals surface area contributed by atoms with Crippen molar-refractivity contribution < 1.29 is 15.0 Å². The Morgan fingerprint density at radius 2 is 2.25 bits per heavy atom. The molecule has 0 heterocycles. The normalized spacial score (nSPS) is 25.1. The summed E-state index contributed by atoms with van der Waals surface area (Å²) in [5.41, 5.74) is 0.941. The predicted molar refractivity (Wildman–Crippen MR) is 60.4 cm³/mol. The molecule has 0 aromatic heterocycles. The SMILES string of the molecule is C[C@H]1C[C@@H]1C(CC(=O)O)c1cccc(O)c1. The molecule has 1 aromatic rings. The molecule has 0 radical (unpaired) electrons. The van der Waals surface area contributed by atoms with Crippen LogP contribution in [0.1, 0.15) is 31.2 Å². The third-order valence-electron chi connectivity index (χ3n) is 3.38. The molecule has 1 aliphatic carbocycles. The number of aromatic hydroxyl groups is 1. The topological polar surface area (TPSA) is 57.5 Å². The van der Waals surface area contributed by atoms with Crippen LogP contribution in [0.15, 0.2) is 24.3 Å². The van der Waals surface area contributed by atoms with Crippen LogP contribution in [0.5, 0.6) is 5.75 Å². The lowest BCUT2D eigenvalue weighted by atomic mass is 9.90. The second-order valence-electron chi connectivity index (χ2n) is 4.68. The highest BCUT2D eigenvalue weighted by Gasteiger charge is 2.40. The van der Waals surface area contributed by atoms with E-state index in [1.165, 1.54) is 0 Å². The summed E-state index contributed by atoms with van der Waals surface area (Å²) in [5.74, 6) is 0.540. The first-order valence-corrected chi connectivity index (χ1v) is 5.58. The largest absolute Gasteiger partial charge is 0.508 e. The zero-order valence-corrected chi connectivity index (χ0v) is 9.26. The van der Waals surface area contributed by atoms with Gasteiger partial charge in [-0.15, -0.1) is 0 Å². The number of rotatable bonds is 4. The monoisotopic (exact) mass is 220 g/mol. The van der Waals surface area contributed by atoms with Crippen LogP contribution in [0, 0.1) is 11.8 Å². The molecule has 0 bridgehead atoms. The summed E-state index contributed by atoms with van der Waals surface area (Å²) >= 11 is 0. The Kier molecular flexibility index (Phi) is 2.86. The Bertz CT molecular complexity index is 400. The summed E-state index contributed by atoms with van der Waals surface area (Å²) in [6, 6.07) is 6.96. The van der Waals surface area contributed by atoms with E-state index in [9.17, 15) is 9.90 Å². The smallest absolute Gasteiger partial charge is 0.303 e. The van der Waals surface area contributed by atoms with Gasteiger partial charge in [-0.25, -0.2) is 0 Å². The van der Waals surface area contributed by atoms with Crippen LogP contribution >= 0.6 is 0 Å². The van der Waals surface area contributed by atoms with E-state index in [1.807, 2.05) is 6.07 Å². The molecule has 1 aliphatic rings. The average Bonchev–Trinajstić information content (AvgIpc) is 2.91. The molecule has 2 rings (SSSR count). The van der Waals surface area contributed by atoms with Crippen LogP contribution in [0.4, 0.5) is 0 Å². The molecule has 0 spiro atoms. The molecule has 1 aromatic carbocycles. The lowest BCUT2D eigenvalue weighted by molar-refractivity contribution is -0.137. The molecular formula is C13H16O3. The van der Waals surface area contributed by atoms with Gasteiger partial charge in [0, 0.05) is 0 Å². The van der Waals surface area contributed by atoms with Crippen LogP contribution in [0.3, 0.4) is 0 Å². The minimum absolute atomic E-state index is 0.0413. The molecule has 1 saturated carbocycles. The summed E-state index contributed by atoms with van der Waals surface area (Å²) in [4.78, 5) is 10.8. The van der Waals surface area contributed by atoms with Gasteiger partial charge in [0.15, 0.2) is 0 Å². The summed E-state index contributed by atoms with van der Waals surface area (Å²) in [5, 5.41) is 18.3. The Balaban J connectivity index is 2.21. The number of hydrogen-bond acceptors (Lipinski definition) is 2. The van der Waals surface area contributed by atoms with Gasteiger partial charge < -0.3 is 10.2 Å². The molecule has 86 valence electrons. The standard InChI is InChI=1S/C13H16O3/c1-8-5-11(8)12(7-13(15)16)9-3-2-4-10(14)6-9/h2-4,6,8,11-12,14H,5,7H2,1H3,(H,15,16)/t8-,11-,12?/m0/s1.